The molecule has 6 nitrogen and oxygen atoms in total. The Morgan fingerprint density at radius 1 is 1.21 bits per heavy atom. The number of ether oxygens (including phenoxy) is 2. The fourth-order valence-corrected chi connectivity index (χ4v) is 4.54. The van der Waals surface area contributed by atoms with Gasteiger partial charge in [-0.1, -0.05) is 11.3 Å². The van der Waals surface area contributed by atoms with E-state index in [9.17, 15) is 13.6 Å². The molecule has 1 aromatic heterocycles. The van der Waals surface area contributed by atoms with E-state index in [-0.39, 0.29) is 29.9 Å². The van der Waals surface area contributed by atoms with Gasteiger partial charge in [0.05, 0.1) is 24.0 Å². The van der Waals surface area contributed by atoms with Crippen molar-refractivity contribution in [1.29, 1.82) is 0 Å². The van der Waals surface area contributed by atoms with Gasteiger partial charge >= 0.3 is 0 Å². The second-order valence-electron chi connectivity index (χ2n) is 7.83. The predicted octanol–water partition coefficient (Wildman–Crippen LogP) is 4.76. The molecular weight excluding hydrogens is 472 g/mol. The van der Waals surface area contributed by atoms with Crippen molar-refractivity contribution in [1.82, 2.24) is 9.88 Å². The molecule has 0 atom stereocenters. The Morgan fingerprint density at radius 2 is 1.91 bits per heavy atom. The van der Waals surface area contributed by atoms with Gasteiger partial charge in [0.25, 0.3) is 5.91 Å². The molecule has 1 fully saturated rings. The number of halogens is 3. The van der Waals surface area contributed by atoms with E-state index in [4.69, 9.17) is 9.47 Å². The molecule has 178 valence electrons. The number of amides is 1. The topological polar surface area (TPSA) is 54.9 Å². The van der Waals surface area contributed by atoms with E-state index in [2.05, 4.69) is 9.88 Å². The van der Waals surface area contributed by atoms with E-state index in [0.717, 1.165) is 30.5 Å². The fraction of sp³-hybridized carbons (Fsp3) is 0.391. The second kappa shape index (κ2) is 11.2. The number of nitrogens with zero attached hydrogens (tertiary/aromatic N) is 3. The number of thiazole rings is 1. The molecule has 0 radical (unpaired) electrons. The maximum absolute atomic E-state index is 14.2. The number of carbonyl (C=O) groups is 1. The Labute approximate surface area is 201 Å². The Hall–Kier alpha value is -2.33. The van der Waals surface area contributed by atoms with Crippen molar-refractivity contribution in [2.24, 2.45) is 0 Å². The molecule has 0 unspecified atom stereocenters. The summed E-state index contributed by atoms with van der Waals surface area (Å²) in [4.78, 5) is 21.5. The highest BCUT2D eigenvalue weighted by Crippen LogP contribution is 2.32. The van der Waals surface area contributed by atoms with Crippen LogP contribution in [-0.2, 0) is 4.74 Å². The van der Waals surface area contributed by atoms with Crippen LogP contribution in [0.4, 0.5) is 13.9 Å². The number of hydrogen-bond acceptors (Lipinski definition) is 6. The van der Waals surface area contributed by atoms with Crippen molar-refractivity contribution >= 4 is 45.0 Å². The number of benzene rings is 2. The third kappa shape index (κ3) is 6.17. The Kier molecular flexibility index (Phi) is 8.58. The molecular formula is C23H26ClF2N3O3S. The van der Waals surface area contributed by atoms with Gasteiger partial charge in [-0.05, 0) is 44.2 Å². The maximum Gasteiger partial charge on any atom is 0.260 e. The zero-order valence-electron chi connectivity index (χ0n) is 18.4. The van der Waals surface area contributed by atoms with Gasteiger partial charge in [-0.2, -0.15) is 0 Å². The van der Waals surface area contributed by atoms with Crippen LogP contribution in [0.2, 0.25) is 0 Å². The van der Waals surface area contributed by atoms with E-state index in [0.29, 0.717) is 47.4 Å². The number of hydrogen-bond donors (Lipinski definition) is 0. The first-order valence-corrected chi connectivity index (χ1v) is 11.4. The lowest BCUT2D eigenvalue weighted by molar-refractivity contribution is 0.0391. The summed E-state index contributed by atoms with van der Waals surface area (Å²) in [5.74, 6) is -0.987. The van der Waals surface area contributed by atoms with Crippen molar-refractivity contribution in [3.05, 3.63) is 53.6 Å². The molecule has 0 bridgehead atoms. The zero-order valence-corrected chi connectivity index (χ0v) is 20.1. The monoisotopic (exact) mass is 497 g/mol. The minimum Gasteiger partial charge on any atom is -0.491 e. The van der Waals surface area contributed by atoms with Crippen molar-refractivity contribution in [3.63, 3.8) is 0 Å². The molecule has 1 amide bonds. The first kappa shape index (κ1) is 25.3. The molecule has 0 N–H and O–H groups in total. The van der Waals surface area contributed by atoms with Gasteiger partial charge in [0, 0.05) is 37.8 Å². The highest BCUT2D eigenvalue weighted by Gasteiger charge is 2.24. The average molecular weight is 498 g/mol. The van der Waals surface area contributed by atoms with Gasteiger partial charge in [-0.3, -0.25) is 14.6 Å². The molecule has 4 rings (SSSR count). The van der Waals surface area contributed by atoms with E-state index >= 15 is 0 Å². The third-order valence-electron chi connectivity index (χ3n) is 5.09. The van der Waals surface area contributed by atoms with Gasteiger partial charge in [0.15, 0.2) is 10.9 Å². The largest absolute Gasteiger partial charge is 0.491 e. The minimum absolute atomic E-state index is 0. The lowest BCUT2D eigenvalue weighted by atomic mass is 10.2. The highest BCUT2D eigenvalue weighted by atomic mass is 35.5. The summed E-state index contributed by atoms with van der Waals surface area (Å²) in [5.41, 5.74) is 0.533. The Bertz CT molecular complexity index is 1090. The van der Waals surface area contributed by atoms with Crippen LogP contribution in [0.25, 0.3) is 10.2 Å². The van der Waals surface area contributed by atoms with Gasteiger partial charge in [-0.25, -0.2) is 13.8 Å². The van der Waals surface area contributed by atoms with E-state index < -0.39 is 11.6 Å². The van der Waals surface area contributed by atoms with Crippen LogP contribution >= 0.6 is 23.7 Å². The van der Waals surface area contributed by atoms with Gasteiger partial charge in [0.2, 0.25) is 0 Å². The van der Waals surface area contributed by atoms with E-state index in [1.165, 1.54) is 11.0 Å². The average Bonchev–Trinajstić information content (AvgIpc) is 3.18. The third-order valence-corrected chi connectivity index (χ3v) is 6.12. The number of fused-ring (bicyclic) bond motifs is 1. The first-order valence-electron chi connectivity index (χ1n) is 10.5. The van der Waals surface area contributed by atoms with Crippen LogP contribution in [0.1, 0.15) is 24.2 Å². The molecule has 0 saturated carbocycles. The van der Waals surface area contributed by atoms with Crippen LogP contribution in [0.3, 0.4) is 0 Å². The lowest BCUT2D eigenvalue weighted by Crippen LogP contribution is -2.43. The highest BCUT2D eigenvalue weighted by molar-refractivity contribution is 7.22. The first-order chi connectivity index (χ1) is 15.4. The van der Waals surface area contributed by atoms with Gasteiger partial charge in [0.1, 0.15) is 17.1 Å². The minimum atomic E-state index is -0.738. The number of rotatable bonds is 7. The normalized spacial score (nSPS) is 14.3. The quantitative estimate of drug-likeness (QED) is 0.471. The SMILES string of the molecule is CC(C)Oc1ccc(C(=O)N(CCN2CCOCC2)c2nc3c(F)cc(F)cc3s2)cc1.Cl. The summed E-state index contributed by atoms with van der Waals surface area (Å²) in [6.07, 6.45) is 0.0274. The lowest BCUT2D eigenvalue weighted by Gasteiger charge is -2.29. The standard InChI is InChI=1S/C23H25F2N3O3S.ClH/c1-15(2)31-18-5-3-16(4-6-18)22(29)28(8-7-27-9-11-30-12-10-27)23-26-21-19(25)13-17(24)14-20(21)32-23;/h3-6,13-15H,7-12H2,1-2H3;1H. The molecule has 2 heterocycles. The molecule has 33 heavy (non-hydrogen) atoms. The summed E-state index contributed by atoms with van der Waals surface area (Å²) in [5, 5.41) is 0.338. The Morgan fingerprint density at radius 3 is 2.58 bits per heavy atom. The van der Waals surface area contributed by atoms with Crippen molar-refractivity contribution in [2.45, 2.75) is 20.0 Å². The number of carbonyl (C=O) groups excluding carboxylic acids is 1. The van der Waals surface area contributed by atoms with Crippen LogP contribution < -0.4 is 9.64 Å². The second-order valence-corrected chi connectivity index (χ2v) is 8.84. The summed E-state index contributed by atoms with van der Waals surface area (Å²) in [6.45, 7) is 7.71. The smallest absolute Gasteiger partial charge is 0.260 e. The molecule has 1 saturated heterocycles. The summed E-state index contributed by atoms with van der Waals surface area (Å²) in [7, 11) is 0. The van der Waals surface area contributed by atoms with Crippen LogP contribution in [0.15, 0.2) is 36.4 Å². The summed E-state index contributed by atoms with van der Waals surface area (Å²) < 4.78 is 39.3. The molecule has 10 heteroatoms. The van der Waals surface area contributed by atoms with Crippen LogP contribution in [0.5, 0.6) is 5.75 Å². The molecule has 1 aliphatic heterocycles. The zero-order chi connectivity index (χ0) is 22.7. The molecule has 0 spiro atoms. The van der Waals surface area contributed by atoms with Crippen molar-refractivity contribution in [3.8, 4) is 5.75 Å². The predicted molar refractivity (Wildman–Crippen MR) is 128 cm³/mol. The molecule has 3 aromatic rings. The fourth-order valence-electron chi connectivity index (χ4n) is 3.52. The van der Waals surface area contributed by atoms with Crippen LogP contribution in [0, 0.1) is 11.6 Å². The Balaban J connectivity index is 0.00000306. The molecule has 0 aliphatic carbocycles. The molecule has 1 aliphatic rings. The summed E-state index contributed by atoms with van der Waals surface area (Å²) in [6, 6.07) is 8.95. The number of aromatic nitrogens is 1. The van der Waals surface area contributed by atoms with E-state index in [1.54, 1.807) is 24.3 Å². The van der Waals surface area contributed by atoms with Gasteiger partial charge in [-0.15, -0.1) is 12.4 Å². The molecule has 2 aromatic carbocycles. The maximum atomic E-state index is 14.2. The van der Waals surface area contributed by atoms with Crippen LogP contribution in [-0.4, -0.2) is 61.3 Å². The van der Waals surface area contributed by atoms with Crippen molar-refractivity contribution in [2.75, 3.05) is 44.3 Å². The number of anilines is 1. The van der Waals surface area contributed by atoms with Gasteiger partial charge < -0.3 is 9.47 Å². The van der Waals surface area contributed by atoms with Crippen molar-refractivity contribution < 1.29 is 23.0 Å². The summed E-state index contributed by atoms with van der Waals surface area (Å²) >= 11 is 1.10. The van der Waals surface area contributed by atoms with E-state index in [1.807, 2.05) is 13.8 Å². The number of morpholine rings is 1.